The van der Waals surface area contributed by atoms with Crippen molar-refractivity contribution >= 4 is 18.1 Å². The molecule has 0 radical (unpaired) electrons. The molecule has 2 heterocycles. The lowest BCUT2D eigenvalue weighted by atomic mass is 10.0. The summed E-state index contributed by atoms with van der Waals surface area (Å²) in [6.07, 6.45) is 3.19. The number of nitrogens with one attached hydrogen (secondary N) is 1. The van der Waals surface area contributed by atoms with E-state index in [0.29, 0.717) is 23.7 Å². The van der Waals surface area contributed by atoms with Gasteiger partial charge < -0.3 is 9.47 Å². The molecule has 1 aliphatic heterocycles. The second-order valence-electron chi connectivity index (χ2n) is 5.41. The molecule has 1 N–H and O–H groups in total. The number of aliphatic imine (C=N–C) groups is 1. The van der Waals surface area contributed by atoms with Crippen molar-refractivity contribution in [2.24, 2.45) is 4.99 Å². The van der Waals surface area contributed by atoms with Gasteiger partial charge >= 0.3 is 0 Å². The maximum absolute atomic E-state index is 12.4. The molecule has 0 saturated heterocycles. The Morgan fingerprint density at radius 3 is 2.76 bits per heavy atom. The molecule has 0 saturated carbocycles. The van der Waals surface area contributed by atoms with Gasteiger partial charge in [-0.15, -0.1) is 0 Å². The molecule has 0 bridgehead atoms. The van der Waals surface area contributed by atoms with Crippen LogP contribution in [0.5, 0.6) is 11.6 Å². The smallest absolute Gasteiger partial charge is 0.261 e. The normalized spacial score (nSPS) is 13.2. The van der Waals surface area contributed by atoms with E-state index in [4.69, 9.17) is 14.9 Å². The molecule has 1 aromatic heterocycles. The molecule has 0 aliphatic carbocycles. The van der Waals surface area contributed by atoms with Crippen LogP contribution < -0.4 is 9.47 Å². The van der Waals surface area contributed by atoms with Gasteiger partial charge in [0.05, 0.1) is 20.8 Å². The number of amides is 1. The minimum absolute atomic E-state index is 0.0574. The van der Waals surface area contributed by atoms with Crippen molar-refractivity contribution in [2.75, 3.05) is 14.2 Å². The Balaban J connectivity index is 1.95. The van der Waals surface area contributed by atoms with Gasteiger partial charge in [-0.1, -0.05) is 6.07 Å². The lowest BCUT2D eigenvalue weighted by Gasteiger charge is -2.11. The van der Waals surface area contributed by atoms with Gasteiger partial charge in [-0.3, -0.25) is 15.1 Å². The molecule has 7 heteroatoms. The number of fused-ring (bicyclic) bond motifs is 1. The minimum Gasteiger partial charge on any atom is -0.491 e. The number of benzene rings is 1. The molecule has 0 unspecified atom stereocenters. The summed E-state index contributed by atoms with van der Waals surface area (Å²) in [4.78, 5) is 21.9. The predicted octanol–water partition coefficient (Wildman–Crippen LogP) is 2.75. The highest BCUT2D eigenvalue weighted by Gasteiger charge is 2.30. The van der Waals surface area contributed by atoms with Crippen molar-refractivity contribution in [3.05, 3.63) is 41.6 Å². The Morgan fingerprint density at radius 1 is 1.28 bits per heavy atom. The SMILES string of the molecule is CC=NC(=N)N1Cc2cc(-c3cnc(OC)c(OC)c3)ccc2C1=O. The van der Waals surface area contributed by atoms with E-state index in [1.54, 1.807) is 26.3 Å². The van der Waals surface area contributed by atoms with Crippen LogP contribution in [0, 0.1) is 5.41 Å². The molecule has 1 aliphatic rings. The molecule has 3 rings (SSSR count). The molecular formula is C18H18N4O3. The van der Waals surface area contributed by atoms with Gasteiger partial charge in [0.2, 0.25) is 5.96 Å². The first kappa shape index (κ1) is 16.6. The zero-order valence-corrected chi connectivity index (χ0v) is 14.2. The fourth-order valence-corrected chi connectivity index (χ4v) is 2.75. The number of carbonyl (C=O) groups excluding carboxylic acids is 1. The van der Waals surface area contributed by atoms with E-state index >= 15 is 0 Å². The van der Waals surface area contributed by atoms with Crippen molar-refractivity contribution in [2.45, 2.75) is 13.5 Å². The van der Waals surface area contributed by atoms with Crippen LogP contribution in [0.15, 0.2) is 35.5 Å². The zero-order chi connectivity index (χ0) is 18.0. The molecular weight excluding hydrogens is 320 g/mol. The first-order valence-electron chi connectivity index (χ1n) is 7.69. The first-order chi connectivity index (χ1) is 12.1. The van der Waals surface area contributed by atoms with Crippen LogP contribution in [0.3, 0.4) is 0 Å². The molecule has 1 aromatic carbocycles. The Kier molecular flexibility index (Phi) is 4.47. The van der Waals surface area contributed by atoms with Crippen LogP contribution in [0.2, 0.25) is 0 Å². The molecule has 0 spiro atoms. The first-order valence-corrected chi connectivity index (χ1v) is 7.69. The topological polar surface area (TPSA) is 87.9 Å². The molecule has 1 amide bonds. The second-order valence-corrected chi connectivity index (χ2v) is 5.41. The monoisotopic (exact) mass is 338 g/mol. The van der Waals surface area contributed by atoms with Gasteiger partial charge in [0.15, 0.2) is 5.75 Å². The van der Waals surface area contributed by atoms with Gasteiger partial charge in [0, 0.05) is 23.5 Å². The van der Waals surface area contributed by atoms with E-state index in [9.17, 15) is 4.79 Å². The van der Waals surface area contributed by atoms with Crippen molar-refractivity contribution in [3.63, 3.8) is 0 Å². The van der Waals surface area contributed by atoms with Gasteiger partial charge in [0.1, 0.15) is 0 Å². The minimum atomic E-state index is -0.206. The average Bonchev–Trinajstić information content (AvgIpc) is 2.97. The van der Waals surface area contributed by atoms with E-state index in [0.717, 1.165) is 16.7 Å². The quantitative estimate of drug-likeness (QED) is 0.688. The van der Waals surface area contributed by atoms with E-state index in [1.165, 1.54) is 18.2 Å². The number of methoxy groups -OCH3 is 2. The fourth-order valence-electron chi connectivity index (χ4n) is 2.75. The summed E-state index contributed by atoms with van der Waals surface area (Å²) in [5.74, 6) is 0.692. The van der Waals surface area contributed by atoms with Gasteiger partial charge in [-0.2, -0.15) is 0 Å². The van der Waals surface area contributed by atoms with Gasteiger partial charge in [-0.05, 0) is 36.2 Å². The van der Waals surface area contributed by atoms with E-state index < -0.39 is 0 Å². The van der Waals surface area contributed by atoms with Crippen LogP contribution in [-0.2, 0) is 6.54 Å². The highest BCUT2D eigenvalue weighted by atomic mass is 16.5. The number of rotatable bonds is 3. The average molecular weight is 338 g/mol. The van der Waals surface area contributed by atoms with E-state index in [2.05, 4.69) is 9.98 Å². The lowest BCUT2D eigenvalue weighted by Crippen LogP contribution is -2.29. The summed E-state index contributed by atoms with van der Waals surface area (Å²) in [6.45, 7) is 2.04. The molecule has 2 aromatic rings. The predicted molar refractivity (Wildman–Crippen MR) is 94.5 cm³/mol. The second kappa shape index (κ2) is 6.72. The largest absolute Gasteiger partial charge is 0.491 e. The zero-order valence-electron chi connectivity index (χ0n) is 14.2. The number of ether oxygens (including phenoxy) is 2. The maximum Gasteiger partial charge on any atom is 0.261 e. The molecule has 7 nitrogen and oxygen atoms in total. The van der Waals surface area contributed by atoms with Crippen LogP contribution in [-0.4, -0.2) is 42.2 Å². The molecule has 0 atom stereocenters. The Bertz CT molecular complexity index is 877. The highest BCUT2D eigenvalue weighted by Crippen LogP contribution is 2.32. The summed E-state index contributed by atoms with van der Waals surface area (Å²) in [7, 11) is 3.09. The van der Waals surface area contributed by atoms with Crippen molar-refractivity contribution < 1.29 is 14.3 Å². The van der Waals surface area contributed by atoms with Crippen molar-refractivity contribution in [1.82, 2.24) is 9.88 Å². The lowest BCUT2D eigenvalue weighted by molar-refractivity contribution is 0.0864. The van der Waals surface area contributed by atoms with Crippen LogP contribution >= 0.6 is 0 Å². The van der Waals surface area contributed by atoms with E-state index in [-0.39, 0.29) is 11.9 Å². The van der Waals surface area contributed by atoms with Crippen molar-refractivity contribution in [3.8, 4) is 22.8 Å². The Hall–Kier alpha value is -3.22. The number of carbonyl (C=O) groups is 1. The summed E-state index contributed by atoms with van der Waals surface area (Å²) in [6, 6.07) is 7.40. The summed E-state index contributed by atoms with van der Waals surface area (Å²) < 4.78 is 10.4. The van der Waals surface area contributed by atoms with E-state index in [1.807, 2.05) is 18.2 Å². The Morgan fingerprint density at radius 2 is 2.08 bits per heavy atom. The number of hydrogen-bond acceptors (Lipinski definition) is 5. The Labute approximate surface area is 145 Å². The highest BCUT2D eigenvalue weighted by molar-refractivity contribution is 6.09. The van der Waals surface area contributed by atoms with Crippen LogP contribution in [0.4, 0.5) is 0 Å². The molecule has 25 heavy (non-hydrogen) atoms. The number of aromatic nitrogens is 1. The number of nitrogens with zero attached hydrogens (tertiary/aromatic N) is 3. The molecule has 0 fully saturated rings. The van der Waals surface area contributed by atoms with Crippen LogP contribution in [0.1, 0.15) is 22.8 Å². The van der Waals surface area contributed by atoms with Gasteiger partial charge in [-0.25, -0.2) is 9.98 Å². The van der Waals surface area contributed by atoms with Crippen LogP contribution in [0.25, 0.3) is 11.1 Å². The fraction of sp³-hybridized carbons (Fsp3) is 0.222. The third kappa shape index (κ3) is 2.96. The number of guanidine groups is 1. The number of pyridine rings is 1. The summed E-state index contributed by atoms with van der Waals surface area (Å²) >= 11 is 0. The molecule has 128 valence electrons. The number of hydrogen-bond donors (Lipinski definition) is 1. The summed E-state index contributed by atoms with van der Waals surface area (Å²) in [5, 5.41) is 7.87. The summed E-state index contributed by atoms with van der Waals surface area (Å²) in [5.41, 5.74) is 3.21. The van der Waals surface area contributed by atoms with Gasteiger partial charge in [0.25, 0.3) is 11.8 Å². The third-order valence-electron chi connectivity index (χ3n) is 3.98. The standard InChI is InChI=1S/C18H18N4O3/c1-4-20-18(19)22-10-13-7-11(5-6-14(13)17(22)23)12-8-15(24-2)16(25-3)21-9-12/h4-9,19H,10H2,1-3H3. The van der Waals surface area contributed by atoms with Crippen molar-refractivity contribution in [1.29, 1.82) is 5.41 Å². The third-order valence-corrected chi connectivity index (χ3v) is 3.98. The maximum atomic E-state index is 12.4.